The van der Waals surface area contributed by atoms with Gasteiger partial charge in [0.05, 0.1) is 4.90 Å². The molecule has 2 saturated heterocycles. The number of rotatable bonds is 8. The summed E-state index contributed by atoms with van der Waals surface area (Å²) in [5.74, 6) is 0.0330. The average molecular weight is 451 g/mol. The third-order valence-electron chi connectivity index (χ3n) is 6.66. The molecule has 0 radical (unpaired) electrons. The first-order valence-corrected chi connectivity index (χ1v) is 13.0. The summed E-state index contributed by atoms with van der Waals surface area (Å²) >= 11 is 0. The SMILES string of the molecule is Cc1cccc(S(=O)(=O)N(CCC(=O)N2CCNCC2)CCN2[C@@H](C)CCC[C@@H]2C)c1. The third-order valence-corrected chi connectivity index (χ3v) is 8.55. The number of piperidine rings is 1. The Kier molecular flexibility index (Phi) is 8.50. The van der Waals surface area contributed by atoms with Crippen molar-refractivity contribution >= 4 is 15.9 Å². The van der Waals surface area contributed by atoms with Gasteiger partial charge >= 0.3 is 0 Å². The van der Waals surface area contributed by atoms with Gasteiger partial charge in [-0.2, -0.15) is 4.31 Å². The molecule has 2 fully saturated rings. The van der Waals surface area contributed by atoms with E-state index in [-0.39, 0.29) is 18.9 Å². The lowest BCUT2D eigenvalue weighted by molar-refractivity contribution is -0.131. The molecule has 174 valence electrons. The van der Waals surface area contributed by atoms with Crippen molar-refractivity contribution in [3.63, 3.8) is 0 Å². The lowest BCUT2D eigenvalue weighted by atomic mass is 9.98. The number of amides is 1. The van der Waals surface area contributed by atoms with Gasteiger partial charge in [-0.25, -0.2) is 8.42 Å². The van der Waals surface area contributed by atoms with E-state index in [9.17, 15) is 13.2 Å². The van der Waals surface area contributed by atoms with Gasteiger partial charge in [0.1, 0.15) is 0 Å². The molecule has 1 aromatic carbocycles. The Labute approximate surface area is 187 Å². The number of aryl methyl sites for hydroxylation is 1. The van der Waals surface area contributed by atoms with E-state index in [0.717, 1.165) is 31.5 Å². The summed E-state index contributed by atoms with van der Waals surface area (Å²) in [5, 5.41) is 3.24. The van der Waals surface area contributed by atoms with Crippen molar-refractivity contribution in [3.05, 3.63) is 29.8 Å². The summed E-state index contributed by atoms with van der Waals surface area (Å²) in [6.45, 7) is 10.6. The van der Waals surface area contributed by atoms with Crippen molar-refractivity contribution < 1.29 is 13.2 Å². The molecule has 1 amide bonds. The van der Waals surface area contributed by atoms with Crippen molar-refractivity contribution in [1.29, 1.82) is 0 Å². The number of carbonyl (C=O) groups excluding carboxylic acids is 1. The fraction of sp³-hybridized carbons (Fsp3) is 0.696. The van der Waals surface area contributed by atoms with Gasteiger partial charge in [-0.05, 0) is 51.3 Å². The van der Waals surface area contributed by atoms with E-state index in [0.29, 0.717) is 43.2 Å². The zero-order valence-electron chi connectivity index (χ0n) is 19.2. The van der Waals surface area contributed by atoms with Gasteiger partial charge < -0.3 is 10.2 Å². The fourth-order valence-corrected chi connectivity index (χ4v) is 6.25. The first-order valence-electron chi connectivity index (χ1n) is 11.6. The second kappa shape index (κ2) is 10.9. The van der Waals surface area contributed by atoms with Gasteiger partial charge in [-0.15, -0.1) is 0 Å². The molecule has 0 spiro atoms. The van der Waals surface area contributed by atoms with Crippen LogP contribution in [0.15, 0.2) is 29.2 Å². The number of likely N-dealkylation sites (tertiary alicyclic amines) is 1. The van der Waals surface area contributed by atoms with Crippen LogP contribution in [0.3, 0.4) is 0 Å². The van der Waals surface area contributed by atoms with Crippen molar-refractivity contribution in [1.82, 2.24) is 19.4 Å². The Hall–Kier alpha value is -1.48. The highest BCUT2D eigenvalue weighted by atomic mass is 32.2. The van der Waals surface area contributed by atoms with Gasteiger partial charge in [-0.3, -0.25) is 9.69 Å². The number of nitrogens with zero attached hydrogens (tertiary/aromatic N) is 3. The second-order valence-corrected chi connectivity index (χ2v) is 10.9. The smallest absolute Gasteiger partial charge is 0.243 e. The van der Waals surface area contributed by atoms with Gasteiger partial charge in [0, 0.05) is 64.3 Å². The van der Waals surface area contributed by atoms with Gasteiger partial charge in [0.2, 0.25) is 15.9 Å². The molecule has 0 bridgehead atoms. The number of nitrogens with one attached hydrogen (secondary N) is 1. The molecule has 31 heavy (non-hydrogen) atoms. The quantitative estimate of drug-likeness (QED) is 0.656. The van der Waals surface area contributed by atoms with E-state index in [1.165, 1.54) is 10.7 Å². The van der Waals surface area contributed by atoms with E-state index in [1.54, 1.807) is 18.2 Å². The maximum absolute atomic E-state index is 13.5. The predicted molar refractivity (Wildman–Crippen MR) is 123 cm³/mol. The molecule has 2 atom stereocenters. The Morgan fingerprint density at radius 1 is 1.13 bits per heavy atom. The summed E-state index contributed by atoms with van der Waals surface area (Å²) < 4.78 is 28.5. The van der Waals surface area contributed by atoms with Crippen LogP contribution in [0.1, 0.15) is 45.1 Å². The molecule has 2 aliphatic rings. The Bertz CT molecular complexity index is 829. The van der Waals surface area contributed by atoms with Crippen LogP contribution in [-0.4, -0.2) is 86.3 Å². The van der Waals surface area contributed by atoms with E-state index < -0.39 is 10.0 Å². The topological polar surface area (TPSA) is 73.0 Å². The standard InChI is InChI=1S/C23H38N4O3S/c1-19-6-4-9-22(18-19)31(29,30)26(13-10-23(28)25-14-11-24-12-15-25)16-17-27-20(2)7-5-8-21(27)3/h4,6,9,18,20-21,24H,5,7-8,10-17H2,1-3H3/t20-,21-/m0/s1. The summed E-state index contributed by atoms with van der Waals surface area (Å²) in [6.07, 6.45) is 3.74. The summed E-state index contributed by atoms with van der Waals surface area (Å²) in [6, 6.07) is 7.95. The maximum Gasteiger partial charge on any atom is 0.243 e. The van der Waals surface area contributed by atoms with E-state index in [2.05, 4.69) is 24.1 Å². The predicted octanol–water partition coefficient (Wildman–Crippen LogP) is 2.07. The van der Waals surface area contributed by atoms with Crippen LogP contribution in [-0.2, 0) is 14.8 Å². The number of piperazine rings is 1. The van der Waals surface area contributed by atoms with Crippen LogP contribution in [0, 0.1) is 6.92 Å². The van der Waals surface area contributed by atoms with Crippen molar-refractivity contribution in [2.75, 3.05) is 45.8 Å². The molecule has 0 unspecified atom stereocenters. The Morgan fingerprint density at radius 2 is 1.81 bits per heavy atom. The lowest BCUT2D eigenvalue weighted by Crippen LogP contribution is -2.49. The summed E-state index contributed by atoms with van der Waals surface area (Å²) in [4.78, 5) is 17.3. The maximum atomic E-state index is 13.5. The van der Waals surface area contributed by atoms with Gasteiger partial charge in [-0.1, -0.05) is 18.6 Å². The van der Waals surface area contributed by atoms with Gasteiger partial charge in [0.15, 0.2) is 0 Å². The molecule has 3 rings (SSSR count). The van der Waals surface area contributed by atoms with Crippen LogP contribution in [0.25, 0.3) is 0 Å². The molecule has 2 heterocycles. The van der Waals surface area contributed by atoms with Crippen LogP contribution in [0.5, 0.6) is 0 Å². The minimum atomic E-state index is -3.66. The van der Waals surface area contributed by atoms with Crippen molar-refractivity contribution in [2.45, 2.75) is 63.4 Å². The zero-order valence-corrected chi connectivity index (χ0v) is 20.0. The molecule has 0 aliphatic carbocycles. The average Bonchev–Trinajstić information content (AvgIpc) is 2.75. The van der Waals surface area contributed by atoms with Crippen LogP contribution in [0.2, 0.25) is 0 Å². The largest absolute Gasteiger partial charge is 0.340 e. The highest BCUT2D eigenvalue weighted by Gasteiger charge is 2.30. The Morgan fingerprint density at radius 3 is 2.45 bits per heavy atom. The second-order valence-electron chi connectivity index (χ2n) is 8.97. The van der Waals surface area contributed by atoms with Crippen molar-refractivity contribution in [2.24, 2.45) is 0 Å². The zero-order chi connectivity index (χ0) is 22.4. The summed E-state index contributed by atoms with van der Waals surface area (Å²) in [7, 11) is -3.66. The van der Waals surface area contributed by atoms with Gasteiger partial charge in [0.25, 0.3) is 0 Å². The highest BCUT2D eigenvalue weighted by molar-refractivity contribution is 7.89. The molecule has 0 aromatic heterocycles. The monoisotopic (exact) mass is 450 g/mol. The number of carbonyl (C=O) groups is 1. The molecule has 7 nitrogen and oxygen atoms in total. The molecular formula is C23H38N4O3S. The molecular weight excluding hydrogens is 412 g/mol. The van der Waals surface area contributed by atoms with Crippen LogP contribution >= 0.6 is 0 Å². The number of sulfonamides is 1. The summed E-state index contributed by atoms with van der Waals surface area (Å²) in [5.41, 5.74) is 0.913. The van der Waals surface area contributed by atoms with Crippen LogP contribution in [0.4, 0.5) is 0 Å². The normalized spacial score (nSPS) is 23.3. The number of hydrogen-bond donors (Lipinski definition) is 1. The third kappa shape index (κ3) is 6.28. The molecule has 1 N–H and O–H groups in total. The van der Waals surface area contributed by atoms with Crippen molar-refractivity contribution in [3.8, 4) is 0 Å². The number of benzene rings is 1. The number of hydrogen-bond acceptors (Lipinski definition) is 5. The molecule has 2 aliphatic heterocycles. The highest BCUT2D eigenvalue weighted by Crippen LogP contribution is 2.23. The first kappa shape index (κ1) is 24.2. The molecule has 8 heteroatoms. The minimum absolute atomic E-state index is 0.0330. The lowest BCUT2D eigenvalue weighted by Gasteiger charge is -2.40. The molecule has 0 saturated carbocycles. The van der Waals surface area contributed by atoms with Crippen LogP contribution < -0.4 is 5.32 Å². The fourth-order valence-electron chi connectivity index (χ4n) is 4.71. The van der Waals surface area contributed by atoms with E-state index >= 15 is 0 Å². The molecule has 1 aromatic rings. The Balaban J connectivity index is 1.73. The van der Waals surface area contributed by atoms with E-state index in [1.807, 2.05) is 17.9 Å². The minimum Gasteiger partial charge on any atom is -0.340 e. The van der Waals surface area contributed by atoms with E-state index in [4.69, 9.17) is 0 Å². The first-order chi connectivity index (χ1) is 14.8.